The number of piperidine rings is 1. The molecule has 27 heavy (non-hydrogen) atoms. The second-order valence-electron chi connectivity index (χ2n) is 7.07. The maximum atomic E-state index is 13.5. The monoisotopic (exact) mass is 366 g/mol. The van der Waals surface area contributed by atoms with Crippen LogP contribution in [0.2, 0.25) is 0 Å². The van der Waals surface area contributed by atoms with E-state index in [4.69, 9.17) is 0 Å². The normalized spacial score (nSPS) is 18.1. The maximum absolute atomic E-state index is 13.5. The maximum Gasteiger partial charge on any atom is 0.264 e. The fourth-order valence-electron chi connectivity index (χ4n) is 3.90. The van der Waals surface area contributed by atoms with Crippen LogP contribution in [0, 0.1) is 0 Å². The van der Waals surface area contributed by atoms with Gasteiger partial charge in [-0.25, -0.2) is 5.10 Å². The van der Waals surface area contributed by atoms with Crippen LogP contribution in [0.1, 0.15) is 42.1 Å². The number of carbonyl (C=O) groups excluding carboxylic acids is 2. The topological polar surface area (TPSA) is 86.4 Å². The number of H-pyrrole nitrogens is 1. The van der Waals surface area contributed by atoms with Gasteiger partial charge in [0.1, 0.15) is 6.04 Å². The molecule has 3 heterocycles. The summed E-state index contributed by atoms with van der Waals surface area (Å²) in [5, 5.41) is 6.53. The average Bonchev–Trinajstić information content (AvgIpc) is 2.70. The number of fused-ring (bicyclic) bond motifs is 1. The van der Waals surface area contributed by atoms with Gasteiger partial charge in [-0.2, -0.15) is 5.10 Å². The predicted octanol–water partition coefficient (Wildman–Crippen LogP) is 1.41. The Morgan fingerprint density at radius 1 is 1.07 bits per heavy atom. The second kappa shape index (κ2) is 7.34. The SMILES string of the molecule is O=C([C@@H](c1ccccc1)N1CCCCC1=O)N1CCc2n[nH]c(=O)cc2C1. The van der Waals surface area contributed by atoms with Crippen LogP contribution in [0.3, 0.4) is 0 Å². The third-order valence-electron chi connectivity index (χ3n) is 5.29. The first-order chi connectivity index (χ1) is 13.1. The zero-order valence-electron chi connectivity index (χ0n) is 15.1. The minimum Gasteiger partial charge on any atom is -0.336 e. The Labute approximate surface area is 157 Å². The van der Waals surface area contributed by atoms with E-state index in [1.165, 1.54) is 6.07 Å². The average molecular weight is 366 g/mol. The molecule has 4 rings (SSSR count). The first kappa shape index (κ1) is 17.5. The van der Waals surface area contributed by atoms with E-state index >= 15 is 0 Å². The summed E-state index contributed by atoms with van der Waals surface area (Å²) < 4.78 is 0. The quantitative estimate of drug-likeness (QED) is 0.890. The molecular formula is C20H22N4O3. The first-order valence-corrected chi connectivity index (χ1v) is 9.34. The fourth-order valence-corrected chi connectivity index (χ4v) is 3.90. The lowest BCUT2D eigenvalue weighted by Crippen LogP contribution is -2.48. The Bertz CT molecular complexity index is 909. The number of likely N-dealkylation sites (tertiary alicyclic amines) is 1. The molecule has 2 aromatic rings. The molecule has 1 saturated heterocycles. The van der Waals surface area contributed by atoms with E-state index in [0.717, 1.165) is 29.7 Å². The molecule has 0 saturated carbocycles. The van der Waals surface area contributed by atoms with Crippen LogP contribution in [-0.2, 0) is 22.6 Å². The van der Waals surface area contributed by atoms with E-state index in [1.54, 1.807) is 9.80 Å². The van der Waals surface area contributed by atoms with E-state index in [-0.39, 0.29) is 17.4 Å². The molecule has 2 amide bonds. The predicted molar refractivity (Wildman–Crippen MR) is 98.7 cm³/mol. The number of carbonyl (C=O) groups is 2. The molecule has 1 aromatic carbocycles. The largest absolute Gasteiger partial charge is 0.336 e. The van der Waals surface area contributed by atoms with Gasteiger partial charge in [0, 0.05) is 44.1 Å². The van der Waals surface area contributed by atoms with Crippen molar-refractivity contribution >= 4 is 11.8 Å². The summed E-state index contributed by atoms with van der Waals surface area (Å²) in [5.41, 5.74) is 2.15. The van der Waals surface area contributed by atoms with Crippen LogP contribution in [-0.4, -0.2) is 44.9 Å². The van der Waals surface area contributed by atoms with Crippen LogP contribution in [0.15, 0.2) is 41.2 Å². The molecule has 7 nitrogen and oxygen atoms in total. The Kier molecular flexibility index (Phi) is 4.75. The molecule has 1 aromatic heterocycles. The molecule has 0 aliphatic carbocycles. The van der Waals surface area contributed by atoms with Gasteiger partial charge in [0.15, 0.2) is 0 Å². The molecule has 0 spiro atoms. The highest BCUT2D eigenvalue weighted by Gasteiger charge is 2.36. The van der Waals surface area contributed by atoms with Gasteiger partial charge >= 0.3 is 0 Å². The van der Waals surface area contributed by atoms with Gasteiger partial charge < -0.3 is 9.80 Å². The summed E-state index contributed by atoms with van der Waals surface area (Å²) in [4.78, 5) is 41.0. The van der Waals surface area contributed by atoms with Crippen molar-refractivity contribution in [2.24, 2.45) is 0 Å². The van der Waals surface area contributed by atoms with Crippen LogP contribution in [0.5, 0.6) is 0 Å². The molecule has 1 fully saturated rings. The van der Waals surface area contributed by atoms with Crippen molar-refractivity contribution in [2.45, 2.75) is 38.3 Å². The number of rotatable bonds is 3. The molecule has 1 N–H and O–H groups in total. The molecule has 0 bridgehead atoms. The van der Waals surface area contributed by atoms with Crippen molar-refractivity contribution in [3.05, 3.63) is 63.6 Å². The summed E-state index contributed by atoms with van der Waals surface area (Å²) in [5.74, 6) is -0.0682. The van der Waals surface area contributed by atoms with Gasteiger partial charge in [0.2, 0.25) is 11.8 Å². The summed E-state index contributed by atoms with van der Waals surface area (Å²) in [6.07, 6.45) is 2.85. The molecule has 0 unspecified atom stereocenters. The van der Waals surface area contributed by atoms with Gasteiger partial charge in [-0.1, -0.05) is 30.3 Å². The number of benzene rings is 1. The van der Waals surface area contributed by atoms with E-state index in [2.05, 4.69) is 10.2 Å². The summed E-state index contributed by atoms with van der Waals surface area (Å²) in [7, 11) is 0. The second-order valence-corrected chi connectivity index (χ2v) is 7.07. The van der Waals surface area contributed by atoms with Crippen molar-refractivity contribution in [3.8, 4) is 0 Å². The fraction of sp³-hybridized carbons (Fsp3) is 0.400. The van der Waals surface area contributed by atoms with E-state index in [0.29, 0.717) is 32.5 Å². The van der Waals surface area contributed by atoms with Gasteiger partial charge in [0.25, 0.3) is 5.56 Å². The number of nitrogens with zero attached hydrogens (tertiary/aromatic N) is 3. The third-order valence-corrected chi connectivity index (χ3v) is 5.29. The van der Waals surface area contributed by atoms with Crippen LogP contribution in [0.4, 0.5) is 0 Å². The molecule has 140 valence electrons. The van der Waals surface area contributed by atoms with Crippen LogP contribution < -0.4 is 5.56 Å². The molecular weight excluding hydrogens is 344 g/mol. The molecule has 2 aliphatic heterocycles. The van der Waals surface area contributed by atoms with Crippen molar-refractivity contribution in [2.75, 3.05) is 13.1 Å². The Morgan fingerprint density at radius 2 is 1.89 bits per heavy atom. The number of aromatic amines is 1. The highest BCUT2D eigenvalue weighted by molar-refractivity contribution is 5.89. The van der Waals surface area contributed by atoms with Crippen molar-refractivity contribution in [1.29, 1.82) is 0 Å². The standard InChI is InChI=1S/C20H22N4O3/c25-17-12-15-13-23(11-9-16(15)21-22-17)20(27)19(14-6-2-1-3-7-14)24-10-5-4-8-18(24)26/h1-3,6-7,12,19H,4-5,8-11,13H2,(H,22,25)/t19-/m1/s1. The zero-order chi connectivity index (χ0) is 18.8. The van der Waals surface area contributed by atoms with Gasteiger partial charge in [-0.3, -0.25) is 14.4 Å². The number of aromatic nitrogens is 2. The number of nitrogens with one attached hydrogen (secondary N) is 1. The lowest BCUT2D eigenvalue weighted by molar-refractivity contribution is -0.148. The van der Waals surface area contributed by atoms with E-state index in [1.807, 2.05) is 30.3 Å². The number of amides is 2. The summed E-state index contributed by atoms with van der Waals surface area (Å²) in [6.45, 7) is 1.46. The molecule has 0 radical (unpaired) electrons. The number of hydrogen-bond acceptors (Lipinski definition) is 4. The minimum absolute atomic E-state index is 0.0268. The minimum atomic E-state index is -0.615. The van der Waals surface area contributed by atoms with Crippen molar-refractivity contribution in [1.82, 2.24) is 20.0 Å². The van der Waals surface area contributed by atoms with E-state index < -0.39 is 6.04 Å². The van der Waals surface area contributed by atoms with Crippen molar-refractivity contribution < 1.29 is 9.59 Å². The van der Waals surface area contributed by atoms with E-state index in [9.17, 15) is 14.4 Å². The van der Waals surface area contributed by atoms with Gasteiger partial charge in [0.05, 0.1) is 5.69 Å². The zero-order valence-corrected chi connectivity index (χ0v) is 15.1. The Hall–Kier alpha value is -2.96. The Balaban J connectivity index is 1.65. The molecule has 7 heteroatoms. The molecule has 2 aliphatic rings. The van der Waals surface area contributed by atoms with Gasteiger partial charge in [-0.05, 0) is 18.4 Å². The summed E-state index contributed by atoms with van der Waals surface area (Å²) in [6, 6.07) is 10.4. The van der Waals surface area contributed by atoms with Crippen LogP contribution in [0.25, 0.3) is 0 Å². The summed E-state index contributed by atoms with van der Waals surface area (Å²) >= 11 is 0. The number of hydrogen-bond donors (Lipinski definition) is 1. The third kappa shape index (κ3) is 3.49. The van der Waals surface area contributed by atoms with Gasteiger partial charge in [-0.15, -0.1) is 0 Å². The van der Waals surface area contributed by atoms with Crippen LogP contribution >= 0.6 is 0 Å². The molecule has 1 atom stereocenters. The van der Waals surface area contributed by atoms with Crippen molar-refractivity contribution in [3.63, 3.8) is 0 Å². The highest BCUT2D eigenvalue weighted by Crippen LogP contribution is 2.29. The lowest BCUT2D eigenvalue weighted by atomic mass is 9.98. The lowest BCUT2D eigenvalue weighted by Gasteiger charge is -2.38. The Morgan fingerprint density at radius 3 is 2.67 bits per heavy atom. The highest BCUT2D eigenvalue weighted by atomic mass is 16.2. The first-order valence-electron chi connectivity index (χ1n) is 9.34. The smallest absolute Gasteiger partial charge is 0.264 e.